The van der Waals surface area contributed by atoms with Gasteiger partial charge in [-0.1, -0.05) is 11.6 Å². The Bertz CT molecular complexity index is 257. The normalized spacial score (nSPS) is 15.7. The monoisotopic (exact) mass is 195 g/mol. The maximum absolute atomic E-state index is 4.16. The molecule has 1 saturated carbocycles. The van der Waals surface area contributed by atoms with Crippen LogP contribution in [0.15, 0.2) is 4.99 Å². The Kier molecular flexibility index (Phi) is 4.82. The Balaban J connectivity index is 0.000000146. The molecule has 1 fully saturated rings. The molecule has 0 amide bonds. The van der Waals surface area contributed by atoms with Crippen molar-refractivity contribution in [2.45, 2.75) is 39.0 Å². The van der Waals surface area contributed by atoms with Crippen LogP contribution in [0.25, 0.3) is 0 Å². The van der Waals surface area contributed by atoms with Crippen molar-refractivity contribution in [3.63, 3.8) is 0 Å². The van der Waals surface area contributed by atoms with E-state index in [9.17, 15) is 0 Å². The molecule has 78 valence electrons. The third-order valence-electron chi connectivity index (χ3n) is 2.20. The summed E-state index contributed by atoms with van der Waals surface area (Å²) in [6.07, 6.45) is 6.67. The lowest BCUT2D eigenvalue weighted by Crippen LogP contribution is -2.03. The molecule has 0 spiro atoms. The lowest BCUT2D eigenvalue weighted by Gasteiger charge is -2.10. The standard InChI is InChI=1S/C7H13N.C2H4N4/c1-8-7-5-3-2-4-6-7;1-2-3-5-6-4-2/h2-6H2,1H3;1H3,(H,3,4,5,6). The van der Waals surface area contributed by atoms with Gasteiger partial charge in [-0.2, -0.15) is 5.21 Å². The van der Waals surface area contributed by atoms with E-state index >= 15 is 0 Å². The van der Waals surface area contributed by atoms with E-state index < -0.39 is 0 Å². The van der Waals surface area contributed by atoms with Gasteiger partial charge >= 0.3 is 0 Å². The van der Waals surface area contributed by atoms with E-state index in [2.05, 4.69) is 25.6 Å². The van der Waals surface area contributed by atoms with Gasteiger partial charge in [0.2, 0.25) is 0 Å². The van der Waals surface area contributed by atoms with Gasteiger partial charge in [0.1, 0.15) is 0 Å². The van der Waals surface area contributed by atoms with Gasteiger partial charge in [0.05, 0.1) is 0 Å². The van der Waals surface area contributed by atoms with Gasteiger partial charge in [-0.05, 0) is 32.6 Å². The second-order valence-corrected chi connectivity index (χ2v) is 3.31. The highest BCUT2D eigenvalue weighted by Crippen LogP contribution is 2.13. The Hall–Kier alpha value is -1.26. The Morgan fingerprint density at radius 1 is 1.21 bits per heavy atom. The molecule has 1 aliphatic rings. The number of rotatable bonds is 0. The second-order valence-electron chi connectivity index (χ2n) is 3.31. The van der Waals surface area contributed by atoms with Gasteiger partial charge in [-0.25, -0.2) is 0 Å². The molecule has 1 heterocycles. The van der Waals surface area contributed by atoms with Crippen LogP contribution >= 0.6 is 0 Å². The third-order valence-corrected chi connectivity index (χ3v) is 2.20. The summed E-state index contributed by atoms with van der Waals surface area (Å²) in [6.45, 7) is 1.77. The predicted molar refractivity (Wildman–Crippen MR) is 55.4 cm³/mol. The van der Waals surface area contributed by atoms with Crippen molar-refractivity contribution in [3.05, 3.63) is 5.82 Å². The molecule has 1 aliphatic carbocycles. The largest absolute Gasteiger partial charge is 0.297 e. The summed E-state index contributed by atoms with van der Waals surface area (Å²) in [5, 5.41) is 12.7. The molecule has 5 nitrogen and oxygen atoms in total. The fraction of sp³-hybridized carbons (Fsp3) is 0.778. The Morgan fingerprint density at radius 3 is 2.21 bits per heavy atom. The number of tetrazole rings is 1. The number of nitrogens with one attached hydrogen (secondary N) is 1. The fourth-order valence-electron chi connectivity index (χ4n) is 1.40. The van der Waals surface area contributed by atoms with E-state index in [1.807, 2.05) is 7.05 Å². The number of aromatic amines is 1. The summed E-state index contributed by atoms with van der Waals surface area (Å²) >= 11 is 0. The van der Waals surface area contributed by atoms with Gasteiger partial charge < -0.3 is 0 Å². The molecular weight excluding hydrogens is 178 g/mol. The zero-order valence-corrected chi connectivity index (χ0v) is 8.82. The van der Waals surface area contributed by atoms with Crippen LogP contribution in [-0.2, 0) is 0 Å². The highest BCUT2D eigenvalue weighted by molar-refractivity contribution is 5.84. The van der Waals surface area contributed by atoms with Gasteiger partial charge in [0.25, 0.3) is 0 Å². The van der Waals surface area contributed by atoms with Crippen molar-refractivity contribution in [1.29, 1.82) is 0 Å². The zero-order valence-electron chi connectivity index (χ0n) is 8.82. The first-order valence-corrected chi connectivity index (χ1v) is 4.97. The lowest BCUT2D eigenvalue weighted by molar-refractivity contribution is 0.666. The highest BCUT2D eigenvalue weighted by Gasteiger charge is 2.03. The van der Waals surface area contributed by atoms with Gasteiger partial charge in [-0.3, -0.25) is 4.99 Å². The number of aliphatic imine (C=N–C) groups is 1. The van der Waals surface area contributed by atoms with Crippen LogP contribution in [0.3, 0.4) is 0 Å². The molecule has 5 heteroatoms. The van der Waals surface area contributed by atoms with Crippen LogP contribution < -0.4 is 0 Å². The lowest BCUT2D eigenvalue weighted by atomic mass is 9.99. The Morgan fingerprint density at radius 2 is 1.93 bits per heavy atom. The molecule has 1 aromatic rings. The van der Waals surface area contributed by atoms with Crippen molar-refractivity contribution in [2.75, 3.05) is 7.05 Å². The first-order valence-electron chi connectivity index (χ1n) is 4.97. The minimum absolute atomic E-state index is 0.676. The van der Waals surface area contributed by atoms with E-state index in [0.29, 0.717) is 5.82 Å². The molecule has 0 saturated heterocycles. The summed E-state index contributed by atoms with van der Waals surface area (Å²) in [6, 6.07) is 0. The van der Waals surface area contributed by atoms with Crippen LogP contribution in [0.2, 0.25) is 0 Å². The SMILES string of the molecule is CN=C1CCCCC1.Cc1nn[nH]n1. The van der Waals surface area contributed by atoms with Crippen LogP contribution in [0.5, 0.6) is 0 Å². The molecule has 1 aromatic heterocycles. The van der Waals surface area contributed by atoms with Crippen LogP contribution in [0.1, 0.15) is 37.9 Å². The Labute approximate surface area is 84.0 Å². The van der Waals surface area contributed by atoms with Crippen LogP contribution in [0, 0.1) is 6.92 Å². The zero-order chi connectivity index (χ0) is 10.2. The van der Waals surface area contributed by atoms with Crippen molar-refractivity contribution in [2.24, 2.45) is 4.99 Å². The summed E-state index contributed by atoms with van der Waals surface area (Å²) in [7, 11) is 1.90. The van der Waals surface area contributed by atoms with E-state index in [1.54, 1.807) is 6.92 Å². The third kappa shape index (κ3) is 4.11. The molecular formula is C9H17N5. The average Bonchev–Trinajstić information content (AvgIpc) is 2.71. The molecule has 14 heavy (non-hydrogen) atoms. The minimum Gasteiger partial charge on any atom is -0.297 e. The topological polar surface area (TPSA) is 66.8 Å². The number of nitrogens with zero attached hydrogens (tertiary/aromatic N) is 4. The maximum Gasteiger partial charge on any atom is 0.171 e. The first kappa shape index (κ1) is 10.8. The second kappa shape index (κ2) is 6.23. The molecule has 1 N–H and O–H groups in total. The van der Waals surface area contributed by atoms with Crippen molar-refractivity contribution in [1.82, 2.24) is 20.6 Å². The highest BCUT2D eigenvalue weighted by atomic mass is 15.5. The van der Waals surface area contributed by atoms with E-state index in [1.165, 1.54) is 37.8 Å². The van der Waals surface area contributed by atoms with Gasteiger partial charge in [-0.15, -0.1) is 10.2 Å². The molecule has 0 aromatic carbocycles. The van der Waals surface area contributed by atoms with Crippen molar-refractivity contribution < 1.29 is 0 Å². The quantitative estimate of drug-likeness (QED) is 0.682. The van der Waals surface area contributed by atoms with E-state index in [-0.39, 0.29) is 0 Å². The smallest absolute Gasteiger partial charge is 0.171 e. The molecule has 0 atom stereocenters. The summed E-state index contributed by atoms with van der Waals surface area (Å²) < 4.78 is 0. The van der Waals surface area contributed by atoms with Gasteiger partial charge in [0, 0.05) is 12.8 Å². The summed E-state index contributed by atoms with van der Waals surface area (Å²) in [5.41, 5.74) is 1.43. The van der Waals surface area contributed by atoms with Crippen LogP contribution in [-0.4, -0.2) is 33.4 Å². The molecule has 0 bridgehead atoms. The fourth-order valence-corrected chi connectivity index (χ4v) is 1.40. The van der Waals surface area contributed by atoms with Crippen molar-refractivity contribution in [3.8, 4) is 0 Å². The molecule has 0 unspecified atom stereocenters. The number of hydrogen-bond donors (Lipinski definition) is 1. The number of H-pyrrole nitrogens is 1. The molecule has 0 radical (unpaired) electrons. The summed E-state index contributed by atoms with van der Waals surface area (Å²) in [4.78, 5) is 4.16. The maximum atomic E-state index is 4.16. The predicted octanol–water partition coefficient (Wildman–Crippen LogP) is 1.53. The minimum atomic E-state index is 0.676. The number of aromatic nitrogens is 4. The summed E-state index contributed by atoms with van der Waals surface area (Å²) in [5.74, 6) is 0.676. The first-order chi connectivity index (χ1) is 6.83. The van der Waals surface area contributed by atoms with Crippen molar-refractivity contribution >= 4 is 5.71 Å². The number of aryl methyl sites for hydroxylation is 1. The molecule has 2 rings (SSSR count). The van der Waals surface area contributed by atoms with Gasteiger partial charge in [0.15, 0.2) is 5.82 Å². The van der Waals surface area contributed by atoms with E-state index in [4.69, 9.17) is 0 Å². The molecule has 0 aliphatic heterocycles. The van der Waals surface area contributed by atoms with Crippen LogP contribution in [0.4, 0.5) is 0 Å². The average molecular weight is 195 g/mol. The van der Waals surface area contributed by atoms with E-state index in [0.717, 1.165) is 0 Å². The number of hydrogen-bond acceptors (Lipinski definition) is 4.